The van der Waals surface area contributed by atoms with Crippen molar-refractivity contribution in [2.45, 2.75) is 57.3 Å². The first-order chi connectivity index (χ1) is 15.2. The fourth-order valence-corrected chi connectivity index (χ4v) is 5.59. The average molecular weight is 498 g/mol. The van der Waals surface area contributed by atoms with Crippen LogP contribution >= 0.6 is 23.2 Å². The number of unbranched alkanes of at least 4 members (excludes halogenated alkanes) is 3. The van der Waals surface area contributed by atoms with E-state index in [-0.39, 0.29) is 14.9 Å². The van der Waals surface area contributed by atoms with Gasteiger partial charge in [0.2, 0.25) is 0 Å². The predicted octanol–water partition coefficient (Wildman–Crippen LogP) is 6.15. The molecular weight excluding hydrogens is 469 g/mol. The number of sulfonamides is 1. The topological polar surface area (TPSA) is 78.5 Å². The van der Waals surface area contributed by atoms with Crippen molar-refractivity contribution in [3.8, 4) is 0 Å². The van der Waals surface area contributed by atoms with Gasteiger partial charge in [0.05, 0.1) is 5.02 Å². The van der Waals surface area contributed by atoms with Crippen LogP contribution in [0.2, 0.25) is 10.0 Å². The number of aryl methyl sites for hydroxylation is 2. The number of carbonyl (C=O) groups is 1. The number of nitrogens with zero attached hydrogens (tertiary/aromatic N) is 1. The van der Waals surface area contributed by atoms with Crippen molar-refractivity contribution in [2.24, 2.45) is 0 Å². The lowest BCUT2D eigenvalue weighted by Gasteiger charge is -2.32. The summed E-state index contributed by atoms with van der Waals surface area (Å²) in [5.74, 6) is 0. The van der Waals surface area contributed by atoms with Crippen LogP contribution in [0.3, 0.4) is 0 Å². The van der Waals surface area contributed by atoms with Crippen LogP contribution in [0.4, 0.5) is 16.2 Å². The molecule has 3 rings (SSSR count). The highest BCUT2D eigenvalue weighted by Gasteiger charge is 2.23. The Morgan fingerprint density at radius 2 is 1.91 bits per heavy atom. The monoisotopic (exact) mass is 497 g/mol. The van der Waals surface area contributed by atoms with E-state index in [9.17, 15) is 13.2 Å². The van der Waals surface area contributed by atoms with Crippen LogP contribution in [0.15, 0.2) is 35.2 Å². The lowest BCUT2D eigenvalue weighted by atomic mass is 9.98. The molecule has 0 unspecified atom stereocenters. The highest BCUT2D eigenvalue weighted by molar-refractivity contribution is 7.90. The highest BCUT2D eigenvalue weighted by atomic mass is 35.5. The number of hydrogen-bond acceptors (Lipinski definition) is 4. The highest BCUT2D eigenvalue weighted by Crippen LogP contribution is 2.33. The summed E-state index contributed by atoms with van der Waals surface area (Å²) in [7, 11) is -4.17. The van der Waals surface area contributed by atoms with Gasteiger partial charge < -0.3 is 10.2 Å². The number of urea groups is 1. The normalized spacial score (nSPS) is 13.6. The molecule has 0 aromatic heterocycles. The summed E-state index contributed by atoms with van der Waals surface area (Å²) in [6, 6.07) is 7.23. The summed E-state index contributed by atoms with van der Waals surface area (Å²) >= 11 is 11.9. The Morgan fingerprint density at radius 1 is 1.12 bits per heavy atom. The molecule has 0 saturated carbocycles. The molecule has 32 heavy (non-hydrogen) atoms. The van der Waals surface area contributed by atoms with Gasteiger partial charge in [-0.05, 0) is 67.6 Å². The first kappa shape index (κ1) is 24.7. The quantitative estimate of drug-likeness (QED) is 0.428. The van der Waals surface area contributed by atoms with Gasteiger partial charge in [-0.2, -0.15) is 0 Å². The molecule has 1 aliphatic rings. The molecule has 0 radical (unpaired) electrons. The first-order valence-corrected chi connectivity index (χ1v) is 13.1. The molecule has 0 saturated heterocycles. The molecule has 0 spiro atoms. The molecule has 0 aliphatic carbocycles. The van der Waals surface area contributed by atoms with Gasteiger partial charge in [0.1, 0.15) is 4.90 Å². The number of anilines is 2. The van der Waals surface area contributed by atoms with Crippen molar-refractivity contribution < 1.29 is 13.2 Å². The van der Waals surface area contributed by atoms with Crippen molar-refractivity contribution in [3.63, 3.8) is 0 Å². The van der Waals surface area contributed by atoms with E-state index in [0.717, 1.165) is 37.1 Å². The van der Waals surface area contributed by atoms with Gasteiger partial charge in [-0.1, -0.05) is 49.4 Å². The minimum absolute atomic E-state index is 0.0151. The Kier molecular flexibility index (Phi) is 8.31. The van der Waals surface area contributed by atoms with Crippen LogP contribution in [-0.4, -0.2) is 27.5 Å². The maximum Gasteiger partial charge on any atom is 0.333 e. The maximum absolute atomic E-state index is 12.6. The second-order valence-electron chi connectivity index (χ2n) is 8.08. The summed E-state index contributed by atoms with van der Waals surface area (Å²) < 4.78 is 27.2. The van der Waals surface area contributed by atoms with E-state index in [4.69, 9.17) is 23.2 Å². The van der Waals surface area contributed by atoms with Crippen LogP contribution in [0.5, 0.6) is 0 Å². The number of benzene rings is 2. The van der Waals surface area contributed by atoms with Crippen LogP contribution in [0, 0.1) is 6.92 Å². The number of rotatable bonds is 8. The lowest BCUT2D eigenvalue weighted by Crippen LogP contribution is -2.35. The summed E-state index contributed by atoms with van der Waals surface area (Å²) in [6.07, 6.45) is 6.84. The molecule has 174 valence electrons. The second-order valence-corrected chi connectivity index (χ2v) is 10.6. The van der Waals surface area contributed by atoms with Gasteiger partial charge in [-0.15, -0.1) is 0 Å². The Bertz CT molecular complexity index is 1090. The molecule has 6 nitrogen and oxygen atoms in total. The molecule has 9 heteroatoms. The van der Waals surface area contributed by atoms with E-state index in [0.29, 0.717) is 5.69 Å². The zero-order valence-electron chi connectivity index (χ0n) is 18.4. The zero-order chi connectivity index (χ0) is 23.3. The third-order valence-electron chi connectivity index (χ3n) is 5.58. The summed E-state index contributed by atoms with van der Waals surface area (Å²) in [4.78, 5) is 14.7. The molecule has 0 fully saturated rings. The zero-order valence-corrected chi connectivity index (χ0v) is 20.7. The number of fused-ring (bicyclic) bond motifs is 1. The molecular formula is C23H29Cl2N3O3S. The van der Waals surface area contributed by atoms with Gasteiger partial charge in [0.25, 0.3) is 10.0 Å². The first-order valence-electron chi connectivity index (χ1n) is 10.9. The van der Waals surface area contributed by atoms with Crippen molar-refractivity contribution >= 4 is 50.6 Å². The molecule has 2 aromatic carbocycles. The molecule has 1 aliphatic heterocycles. The lowest BCUT2D eigenvalue weighted by molar-refractivity contribution is 0.256. The Balaban J connectivity index is 1.72. The van der Waals surface area contributed by atoms with Crippen molar-refractivity contribution in [1.29, 1.82) is 0 Å². The summed E-state index contributed by atoms with van der Waals surface area (Å²) in [5.41, 5.74) is 3.82. The van der Waals surface area contributed by atoms with Crippen molar-refractivity contribution in [1.82, 2.24) is 4.72 Å². The number of carbonyl (C=O) groups excluding carboxylic acids is 1. The van der Waals surface area contributed by atoms with E-state index < -0.39 is 16.1 Å². The fourth-order valence-electron chi connectivity index (χ4n) is 3.92. The Morgan fingerprint density at radius 3 is 2.66 bits per heavy atom. The number of halogens is 2. The van der Waals surface area contributed by atoms with Crippen LogP contribution in [0.1, 0.15) is 50.2 Å². The molecule has 2 N–H and O–H groups in total. The molecule has 2 aromatic rings. The van der Waals surface area contributed by atoms with Gasteiger partial charge in [-0.3, -0.25) is 0 Å². The van der Waals surface area contributed by atoms with Crippen LogP contribution in [-0.2, 0) is 16.4 Å². The van der Waals surface area contributed by atoms with Gasteiger partial charge >= 0.3 is 6.03 Å². The smallest absolute Gasteiger partial charge is 0.333 e. The minimum atomic E-state index is -4.17. The summed E-state index contributed by atoms with van der Waals surface area (Å²) in [6.45, 7) is 6.17. The van der Waals surface area contributed by atoms with E-state index in [2.05, 4.69) is 23.2 Å². The van der Waals surface area contributed by atoms with Gasteiger partial charge in [0.15, 0.2) is 0 Å². The molecule has 0 atom stereocenters. The Hall–Kier alpha value is -1.96. The number of hydrogen-bond donors (Lipinski definition) is 2. The largest absolute Gasteiger partial charge is 0.371 e. The van der Waals surface area contributed by atoms with Crippen molar-refractivity contribution in [3.05, 3.63) is 51.5 Å². The maximum atomic E-state index is 12.6. The third-order valence-corrected chi connectivity index (χ3v) is 7.63. The van der Waals surface area contributed by atoms with E-state index >= 15 is 0 Å². The second kappa shape index (κ2) is 10.8. The third kappa shape index (κ3) is 6.09. The standard InChI is InChI=1S/C23H29Cl2N3O3S/c1-3-4-5-6-11-28-12-7-8-17-14-20(16(2)13-21(17)28)26-23(29)27-32(30,31)22-15-18(24)9-10-19(22)25/h9-10,13-15H,3-8,11-12H2,1-2H3,(H2,26,27,29). The number of amides is 2. The minimum Gasteiger partial charge on any atom is -0.371 e. The average Bonchev–Trinajstić information content (AvgIpc) is 2.73. The van der Waals surface area contributed by atoms with Crippen molar-refractivity contribution in [2.75, 3.05) is 23.3 Å². The predicted molar refractivity (Wildman–Crippen MR) is 132 cm³/mol. The van der Waals surface area contributed by atoms with Crippen LogP contribution < -0.4 is 14.9 Å². The van der Waals surface area contributed by atoms with E-state index in [1.807, 2.05) is 17.7 Å². The molecule has 1 heterocycles. The number of nitrogens with one attached hydrogen (secondary N) is 2. The Labute approximate surface area is 200 Å². The van der Waals surface area contributed by atoms with E-state index in [1.54, 1.807) is 0 Å². The van der Waals surface area contributed by atoms with Crippen LogP contribution in [0.25, 0.3) is 0 Å². The van der Waals surface area contributed by atoms with Gasteiger partial charge in [-0.25, -0.2) is 17.9 Å². The summed E-state index contributed by atoms with van der Waals surface area (Å²) in [5, 5.41) is 2.86. The van der Waals surface area contributed by atoms with Gasteiger partial charge in [0, 0.05) is 29.5 Å². The molecule has 0 bridgehead atoms. The SMILES string of the molecule is CCCCCCN1CCCc2cc(NC(=O)NS(=O)(=O)c3cc(Cl)ccc3Cl)c(C)cc21. The fraction of sp³-hybridized carbons (Fsp3) is 0.435. The molecule has 2 amide bonds. The van der Waals surface area contributed by atoms with E-state index in [1.165, 1.54) is 49.6 Å².